The second kappa shape index (κ2) is 6.44. The molecule has 0 saturated carbocycles. The predicted molar refractivity (Wildman–Crippen MR) is 72.2 cm³/mol. The van der Waals surface area contributed by atoms with Gasteiger partial charge in [-0.2, -0.15) is 0 Å². The van der Waals surface area contributed by atoms with Crippen LogP contribution in [0.25, 0.3) is 0 Å². The van der Waals surface area contributed by atoms with Crippen LogP contribution < -0.4 is 21.7 Å². The number of hydrogen-bond acceptors (Lipinski definition) is 3. The molecular weight excluding hydrogens is 238 g/mol. The van der Waals surface area contributed by atoms with Crippen molar-refractivity contribution < 1.29 is 0 Å². The van der Waals surface area contributed by atoms with Crippen LogP contribution in [0.1, 0.15) is 13.8 Å². The Kier molecular flexibility index (Phi) is 5.21. The Hall–Kier alpha value is -1.30. The van der Waals surface area contributed by atoms with Gasteiger partial charge in [-0.05, 0) is 38.1 Å². The van der Waals surface area contributed by atoms with Gasteiger partial charge in [0, 0.05) is 16.8 Å². The highest BCUT2D eigenvalue weighted by atomic mass is 35.5. The first kappa shape index (κ1) is 13.8. The van der Waals surface area contributed by atoms with Crippen LogP contribution in [0.5, 0.6) is 0 Å². The van der Waals surface area contributed by atoms with Crippen LogP contribution in [0, 0.1) is 5.41 Å². The smallest absolute Gasteiger partial charge is 0.195 e. The third-order valence-electron chi connectivity index (χ3n) is 1.93. The molecule has 0 aromatic heterocycles. The molecule has 6 heteroatoms. The Balaban J connectivity index is 2.41. The predicted octanol–water partition coefficient (Wildman–Crippen LogP) is 1.52. The lowest BCUT2D eigenvalue weighted by Gasteiger charge is -2.20. The minimum absolute atomic E-state index is 0.132. The summed E-state index contributed by atoms with van der Waals surface area (Å²) in [6.07, 6.45) is -0.456. The van der Waals surface area contributed by atoms with Gasteiger partial charge in [0.2, 0.25) is 0 Å². The summed E-state index contributed by atoms with van der Waals surface area (Å²) in [5, 5.41) is 17.0. The first-order valence-electron chi connectivity index (χ1n) is 5.36. The highest BCUT2D eigenvalue weighted by molar-refractivity contribution is 6.30. The van der Waals surface area contributed by atoms with E-state index in [4.69, 9.17) is 22.7 Å². The molecule has 0 spiro atoms. The van der Waals surface area contributed by atoms with Crippen molar-refractivity contribution in [2.45, 2.75) is 26.2 Å². The van der Waals surface area contributed by atoms with E-state index in [0.717, 1.165) is 5.69 Å². The van der Waals surface area contributed by atoms with Crippen molar-refractivity contribution in [3.05, 3.63) is 29.3 Å². The molecule has 1 unspecified atom stereocenters. The fraction of sp³-hybridized carbons (Fsp3) is 0.364. The summed E-state index contributed by atoms with van der Waals surface area (Å²) < 4.78 is 0. The Bertz CT molecular complexity index is 363. The molecule has 1 atom stereocenters. The highest BCUT2D eigenvalue weighted by Crippen LogP contribution is 2.12. The zero-order valence-corrected chi connectivity index (χ0v) is 10.7. The molecule has 0 saturated heterocycles. The van der Waals surface area contributed by atoms with Crippen molar-refractivity contribution in [2.24, 2.45) is 5.73 Å². The van der Waals surface area contributed by atoms with E-state index in [0.29, 0.717) is 5.02 Å². The minimum atomic E-state index is -0.456. The van der Waals surface area contributed by atoms with Crippen molar-refractivity contribution >= 4 is 23.2 Å². The molecule has 0 radical (unpaired) electrons. The lowest BCUT2D eigenvalue weighted by molar-refractivity contribution is 0.451. The summed E-state index contributed by atoms with van der Waals surface area (Å²) in [6.45, 7) is 3.97. The van der Waals surface area contributed by atoms with Gasteiger partial charge in [0.15, 0.2) is 5.96 Å². The van der Waals surface area contributed by atoms with Crippen LogP contribution in [0.2, 0.25) is 5.02 Å². The second-order valence-corrected chi connectivity index (χ2v) is 4.39. The quantitative estimate of drug-likeness (QED) is 0.321. The maximum atomic E-state index is 7.68. The molecule has 1 aromatic carbocycles. The molecule has 5 nitrogen and oxygen atoms in total. The average Bonchev–Trinajstić information content (AvgIpc) is 2.19. The molecule has 0 aliphatic heterocycles. The van der Waals surface area contributed by atoms with Crippen LogP contribution >= 0.6 is 11.6 Å². The second-order valence-electron chi connectivity index (χ2n) is 3.95. The summed E-state index contributed by atoms with van der Waals surface area (Å²) in [6, 6.07) is 7.34. The van der Waals surface area contributed by atoms with Crippen molar-refractivity contribution in [1.82, 2.24) is 10.6 Å². The lowest BCUT2D eigenvalue weighted by atomic mass is 10.3. The Morgan fingerprint density at radius 3 is 2.41 bits per heavy atom. The topological polar surface area (TPSA) is 86.0 Å². The number of nitrogens with two attached hydrogens (primary N) is 1. The first-order chi connectivity index (χ1) is 7.97. The van der Waals surface area contributed by atoms with Gasteiger partial charge in [0.1, 0.15) is 6.29 Å². The fourth-order valence-corrected chi connectivity index (χ4v) is 1.40. The monoisotopic (exact) mass is 255 g/mol. The van der Waals surface area contributed by atoms with Crippen LogP contribution in [0.4, 0.5) is 5.69 Å². The Morgan fingerprint density at radius 1 is 1.29 bits per heavy atom. The van der Waals surface area contributed by atoms with Crippen molar-refractivity contribution in [3.63, 3.8) is 0 Å². The molecule has 0 bridgehead atoms. The molecule has 6 N–H and O–H groups in total. The van der Waals surface area contributed by atoms with E-state index in [1.807, 2.05) is 13.8 Å². The molecule has 94 valence electrons. The number of rotatable bonds is 4. The van der Waals surface area contributed by atoms with Crippen LogP contribution in [0.15, 0.2) is 24.3 Å². The van der Waals surface area contributed by atoms with Gasteiger partial charge in [0.05, 0.1) is 0 Å². The Morgan fingerprint density at radius 2 is 1.88 bits per heavy atom. The molecule has 1 rings (SSSR count). The van der Waals surface area contributed by atoms with E-state index in [1.54, 1.807) is 24.3 Å². The lowest BCUT2D eigenvalue weighted by Crippen LogP contribution is -2.55. The van der Waals surface area contributed by atoms with Gasteiger partial charge < -0.3 is 10.6 Å². The van der Waals surface area contributed by atoms with E-state index in [9.17, 15) is 0 Å². The van der Waals surface area contributed by atoms with Gasteiger partial charge in [0.25, 0.3) is 0 Å². The third-order valence-corrected chi connectivity index (χ3v) is 2.18. The van der Waals surface area contributed by atoms with Crippen LogP contribution in [-0.2, 0) is 0 Å². The van der Waals surface area contributed by atoms with Gasteiger partial charge in [-0.1, -0.05) is 11.6 Å². The summed E-state index contributed by atoms with van der Waals surface area (Å²) in [7, 11) is 0. The SMILES string of the molecule is CC(C)NC(N)NC(=N)Nc1ccc(Cl)cc1. The summed E-state index contributed by atoms with van der Waals surface area (Å²) in [4.78, 5) is 0. The summed E-state index contributed by atoms with van der Waals surface area (Å²) in [5.74, 6) is 0.132. The third kappa shape index (κ3) is 5.53. The molecular formula is C11H18ClN5. The number of hydrogen-bond donors (Lipinski definition) is 5. The van der Waals surface area contributed by atoms with E-state index in [-0.39, 0.29) is 12.0 Å². The number of halogens is 1. The molecule has 0 fully saturated rings. The first-order valence-corrected chi connectivity index (χ1v) is 5.74. The number of benzene rings is 1. The van der Waals surface area contributed by atoms with E-state index >= 15 is 0 Å². The van der Waals surface area contributed by atoms with Crippen LogP contribution in [-0.4, -0.2) is 18.3 Å². The van der Waals surface area contributed by atoms with Gasteiger partial charge in [-0.3, -0.25) is 16.5 Å². The fourth-order valence-electron chi connectivity index (χ4n) is 1.27. The summed E-state index contributed by atoms with van der Waals surface area (Å²) in [5.41, 5.74) is 6.51. The minimum Gasteiger partial charge on any atom is -0.328 e. The molecule has 0 amide bonds. The normalized spacial score (nSPS) is 12.3. The van der Waals surface area contributed by atoms with Crippen LogP contribution in [0.3, 0.4) is 0 Å². The maximum absolute atomic E-state index is 7.68. The largest absolute Gasteiger partial charge is 0.328 e. The number of nitrogens with one attached hydrogen (secondary N) is 4. The van der Waals surface area contributed by atoms with Gasteiger partial charge >= 0.3 is 0 Å². The standard InChI is InChI=1S/C11H18ClN5/c1-7(2)15-10(13)17-11(14)16-9-5-3-8(12)4-6-9/h3-7,10,15H,13H2,1-2H3,(H3,14,16,17). The molecule has 0 aliphatic carbocycles. The zero-order valence-electron chi connectivity index (χ0n) is 9.92. The molecule has 1 aromatic rings. The Labute approximate surface area is 106 Å². The van der Waals surface area contributed by atoms with Gasteiger partial charge in [-0.25, -0.2) is 0 Å². The van der Waals surface area contributed by atoms with Crippen molar-refractivity contribution in [1.29, 1.82) is 5.41 Å². The molecule has 0 heterocycles. The molecule has 0 aliphatic rings. The number of anilines is 1. The molecule has 17 heavy (non-hydrogen) atoms. The van der Waals surface area contributed by atoms with E-state index in [2.05, 4.69) is 16.0 Å². The van der Waals surface area contributed by atoms with Crippen molar-refractivity contribution in [2.75, 3.05) is 5.32 Å². The maximum Gasteiger partial charge on any atom is 0.195 e. The highest BCUT2D eigenvalue weighted by Gasteiger charge is 2.05. The van der Waals surface area contributed by atoms with E-state index < -0.39 is 6.29 Å². The van der Waals surface area contributed by atoms with Gasteiger partial charge in [-0.15, -0.1) is 0 Å². The average molecular weight is 256 g/mol. The van der Waals surface area contributed by atoms with Crippen molar-refractivity contribution in [3.8, 4) is 0 Å². The zero-order chi connectivity index (χ0) is 12.8. The number of guanidine groups is 1. The van der Waals surface area contributed by atoms with E-state index in [1.165, 1.54) is 0 Å². The summed E-state index contributed by atoms with van der Waals surface area (Å²) >= 11 is 5.76.